The van der Waals surface area contributed by atoms with E-state index >= 15 is 0 Å². The van der Waals surface area contributed by atoms with Crippen LogP contribution in [0.2, 0.25) is 0 Å². The van der Waals surface area contributed by atoms with Crippen LogP contribution in [0.15, 0.2) is 61.2 Å². The zero-order valence-electron chi connectivity index (χ0n) is 15.6. The molecule has 28 heavy (non-hydrogen) atoms. The van der Waals surface area contributed by atoms with E-state index in [0.29, 0.717) is 0 Å². The summed E-state index contributed by atoms with van der Waals surface area (Å²) < 4.78 is 9.38. The highest BCUT2D eigenvalue weighted by atomic mass is 16.5. The fourth-order valence-corrected chi connectivity index (χ4v) is 3.61. The quantitative estimate of drug-likeness (QED) is 0.534. The molecule has 5 rings (SSSR count). The predicted octanol–water partition coefficient (Wildman–Crippen LogP) is 2.38. The Morgan fingerprint density at radius 2 is 1.75 bits per heavy atom. The van der Waals surface area contributed by atoms with Crippen LogP contribution in [-0.2, 0) is 13.1 Å². The van der Waals surface area contributed by atoms with Crippen molar-refractivity contribution in [3.63, 3.8) is 0 Å². The Bertz CT molecular complexity index is 1070. The first kappa shape index (κ1) is 16.8. The minimum atomic E-state index is 0.720. The summed E-state index contributed by atoms with van der Waals surface area (Å²) in [6.45, 7) is 2.44. The molecule has 1 aliphatic heterocycles. The number of imidazole rings is 1. The van der Waals surface area contributed by atoms with Gasteiger partial charge in [0.05, 0.1) is 31.5 Å². The summed E-state index contributed by atoms with van der Waals surface area (Å²) in [5, 5.41) is 10.0. The molecule has 0 radical (unpaired) electrons. The molecule has 0 fully saturated rings. The largest absolute Gasteiger partial charge is 0.497 e. The number of hydrogen-bond donors (Lipinski definition) is 0. The summed E-state index contributed by atoms with van der Waals surface area (Å²) in [5.74, 6) is 1.79. The van der Waals surface area contributed by atoms with Gasteiger partial charge in [0.15, 0.2) is 0 Å². The van der Waals surface area contributed by atoms with E-state index in [4.69, 9.17) is 9.72 Å². The molecule has 0 aliphatic carbocycles. The van der Waals surface area contributed by atoms with Crippen LogP contribution >= 0.6 is 0 Å². The first-order valence-electron chi connectivity index (χ1n) is 9.25. The van der Waals surface area contributed by atoms with Gasteiger partial charge in [-0.25, -0.2) is 14.7 Å². The third kappa shape index (κ3) is 2.97. The molecule has 0 atom stereocenters. The van der Waals surface area contributed by atoms with Crippen LogP contribution in [0.25, 0.3) is 11.0 Å². The number of fused-ring (bicyclic) bond motifs is 3. The summed E-state index contributed by atoms with van der Waals surface area (Å²) in [6.07, 6.45) is 4.37. The zero-order chi connectivity index (χ0) is 18.9. The number of ether oxygens (including phenoxy) is 1. The zero-order valence-corrected chi connectivity index (χ0v) is 15.6. The fraction of sp³-hybridized carbons (Fsp3) is 0.250. The van der Waals surface area contributed by atoms with Gasteiger partial charge in [-0.05, 0) is 36.2 Å². The molecule has 1 aliphatic rings. The molecular weight excluding hydrogens is 354 g/mol. The molecule has 0 saturated heterocycles. The topological polar surface area (TPSA) is 64.2 Å². The number of hydrogen-bond acceptors (Lipinski definition) is 6. The maximum atomic E-state index is 5.25. The van der Waals surface area contributed by atoms with Crippen molar-refractivity contribution in [3.05, 3.63) is 66.7 Å². The third-order valence-corrected chi connectivity index (χ3v) is 5.10. The van der Waals surface area contributed by atoms with E-state index in [-0.39, 0.29) is 0 Å². The van der Waals surface area contributed by atoms with Gasteiger partial charge in [-0.2, -0.15) is 0 Å². The van der Waals surface area contributed by atoms with Gasteiger partial charge >= 0.3 is 0 Å². The fourth-order valence-electron chi connectivity index (χ4n) is 3.61. The lowest BCUT2D eigenvalue weighted by Crippen LogP contribution is -2.47. The summed E-state index contributed by atoms with van der Waals surface area (Å²) in [5.41, 5.74) is 3.41. The number of para-hydroxylation sites is 2. The summed E-state index contributed by atoms with van der Waals surface area (Å²) >= 11 is 0. The number of benzene rings is 2. The Hall–Kier alpha value is -3.39. The molecule has 0 bridgehead atoms. The first-order chi connectivity index (χ1) is 13.8. The number of rotatable bonds is 5. The average Bonchev–Trinajstić information content (AvgIpc) is 3.40. The smallest absolute Gasteiger partial charge is 0.228 e. The van der Waals surface area contributed by atoms with Crippen molar-refractivity contribution < 1.29 is 4.74 Å². The highest BCUT2D eigenvalue weighted by Crippen LogP contribution is 2.27. The molecule has 0 saturated carbocycles. The molecule has 2 aromatic carbocycles. The maximum absolute atomic E-state index is 5.25. The normalized spacial score (nSPS) is 14.4. The predicted molar refractivity (Wildman–Crippen MR) is 106 cm³/mol. The monoisotopic (exact) mass is 375 g/mol. The van der Waals surface area contributed by atoms with Crippen LogP contribution in [-0.4, -0.2) is 49.6 Å². The lowest BCUT2D eigenvalue weighted by atomic mass is 10.1. The van der Waals surface area contributed by atoms with Crippen LogP contribution < -0.4 is 9.75 Å². The van der Waals surface area contributed by atoms with E-state index < -0.39 is 0 Å². The van der Waals surface area contributed by atoms with Crippen molar-refractivity contribution in [1.82, 2.24) is 29.3 Å². The highest BCUT2D eigenvalue weighted by Gasteiger charge is 2.27. The minimum Gasteiger partial charge on any atom is -0.497 e. The van der Waals surface area contributed by atoms with E-state index in [1.54, 1.807) is 19.8 Å². The molecule has 142 valence electrons. The Balaban J connectivity index is 1.42. The molecule has 3 heterocycles. The number of aromatic nitrogens is 5. The second-order valence-corrected chi connectivity index (χ2v) is 6.85. The van der Waals surface area contributed by atoms with Gasteiger partial charge in [0, 0.05) is 6.54 Å². The summed E-state index contributed by atoms with van der Waals surface area (Å²) in [4.78, 5) is 7.23. The molecule has 8 nitrogen and oxygen atoms in total. The van der Waals surface area contributed by atoms with E-state index in [0.717, 1.165) is 49.0 Å². The minimum absolute atomic E-state index is 0.720. The van der Waals surface area contributed by atoms with Crippen LogP contribution in [0, 0.1) is 0 Å². The van der Waals surface area contributed by atoms with Crippen molar-refractivity contribution in [2.75, 3.05) is 25.3 Å². The Morgan fingerprint density at radius 1 is 0.964 bits per heavy atom. The Labute approximate surface area is 162 Å². The Morgan fingerprint density at radius 3 is 2.54 bits per heavy atom. The highest BCUT2D eigenvalue weighted by molar-refractivity contribution is 5.79. The third-order valence-electron chi connectivity index (χ3n) is 5.10. The van der Waals surface area contributed by atoms with Crippen LogP contribution in [0.1, 0.15) is 5.56 Å². The second kappa shape index (κ2) is 6.97. The van der Waals surface area contributed by atoms with Gasteiger partial charge in [-0.15, -0.1) is 10.2 Å². The number of nitrogens with zero attached hydrogens (tertiary/aromatic N) is 7. The summed E-state index contributed by atoms with van der Waals surface area (Å²) in [6, 6.07) is 16.5. The van der Waals surface area contributed by atoms with E-state index in [2.05, 4.69) is 48.9 Å². The first-order valence-corrected chi connectivity index (χ1v) is 9.25. The molecule has 0 amide bonds. The van der Waals surface area contributed by atoms with Crippen LogP contribution in [0.4, 0.5) is 5.95 Å². The Kier molecular flexibility index (Phi) is 4.17. The molecule has 0 spiro atoms. The number of anilines is 1. The number of methoxy groups -OCH3 is 1. The van der Waals surface area contributed by atoms with E-state index in [9.17, 15) is 0 Å². The summed E-state index contributed by atoms with van der Waals surface area (Å²) in [7, 11) is 1.69. The van der Waals surface area contributed by atoms with Gasteiger partial charge in [-0.3, -0.25) is 9.47 Å². The standard InChI is InChI=1S/C20H21N7O/c1-28-17-8-6-16(7-9-17)10-11-24-14-26-19-5-3-2-4-18(19)23-20(26)27(15-24)25-12-21-22-13-25/h2-9,12-13H,10-11,14-15H2,1H3. The van der Waals surface area contributed by atoms with Crippen LogP contribution in [0.3, 0.4) is 0 Å². The van der Waals surface area contributed by atoms with Gasteiger partial charge in [-0.1, -0.05) is 24.3 Å². The van der Waals surface area contributed by atoms with Crippen molar-refractivity contribution >= 4 is 17.0 Å². The average molecular weight is 375 g/mol. The maximum Gasteiger partial charge on any atom is 0.228 e. The van der Waals surface area contributed by atoms with Gasteiger partial charge < -0.3 is 4.74 Å². The lowest BCUT2D eigenvalue weighted by molar-refractivity contribution is 0.193. The lowest BCUT2D eigenvalue weighted by Gasteiger charge is -2.36. The SMILES string of the molecule is COc1ccc(CCN2CN(n3cnnc3)c3nc4ccccc4n3C2)cc1. The van der Waals surface area contributed by atoms with Gasteiger partial charge in [0.25, 0.3) is 0 Å². The molecular formula is C20H21N7O. The molecule has 0 unspecified atom stereocenters. The van der Waals surface area contributed by atoms with Gasteiger partial charge in [0.1, 0.15) is 18.4 Å². The molecule has 8 heteroatoms. The second-order valence-electron chi connectivity index (χ2n) is 6.85. The van der Waals surface area contributed by atoms with E-state index in [1.165, 1.54) is 5.56 Å². The van der Waals surface area contributed by atoms with Crippen molar-refractivity contribution in [3.8, 4) is 5.75 Å². The van der Waals surface area contributed by atoms with Crippen molar-refractivity contribution in [2.45, 2.75) is 13.1 Å². The van der Waals surface area contributed by atoms with Crippen molar-refractivity contribution in [2.24, 2.45) is 0 Å². The molecule has 2 aromatic heterocycles. The van der Waals surface area contributed by atoms with E-state index in [1.807, 2.05) is 28.9 Å². The van der Waals surface area contributed by atoms with Crippen LogP contribution in [0.5, 0.6) is 5.75 Å². The van der Waals surface area contributed by atoms with Crippen molar-refractivity contribution in [1.29, 1.82) is 0 Å². The molecule has 4 aromatic rings. The van der Waals surface area contributed by atoms with Gasteiger partial charge in [0.2, 0.25) is 5.95 Å². The molecule has 0 N–H and O–H groups in total.